The van der Waals surface area contributed by atoms with E-state index in [9.17, 15) is 9.18 Å². The summed E-state index contributed by atoms with van der Waals surface area (Å²) in [5.41, 5.74) is 0.501. The summed E-state index contributed by atoms with van der Waals surface area (Å²) in [7, 11) is 1.52. The standard InChI is InChI=1S/C14H19FN2O2/c1-9(2)16-11-7-14(18)17(8-11)12-6-10(15)4-5-13(12)19-3/h4-6,9,11,16H,7-8H2,1-3H3. The summed E-state index contributed by atoms with van der Waals surface area (Å²) in [6.45, 7) is 4.61. The molecule has 2 rings (SSSR count). The molecule has 1 saturated heterocycles. The van der Waals surface area contributed by atoms with E-state index in [0.717, 1.165) is 0 Å². The van der Waals surface area contributed by atoms with Gasteiger partial charge in [-0.05, 0) is 12.1 Å². The summed E-state index contributed by atoms with van der Waals surface area (Å²) < 4.78 is 18.6. The van der Waals surface area contributed by atoms with Crippen molar-refractivity contribution in [3.8, 4) is 5.75 Å². The molecule has 104 valence electrons. The zero-order valence-corrected chi connectivity index (χ0v) is 11.4. The molecule has 1 aromatic rings. The third kappa shape index (κ3) is 3.04. The van der Waals surface area contributed by atoms with Crippen LogP contribution in [0.2, 0.25) is 0 Å². The molecule has 0 aromatic heterocycles. The van der Waals surface area contributed by atoms with E-state index in [-0.39, 0.29) is 17.8 Å². The van der Waals surface area contributed by atoms with Gasteiger partial charge in [-0.25, -0.2) is 4.39 Å². The minimum Gasteiger partial charge on any atom is -0.495 e. The first kappa shape index (κ1) is 13.8. The van der Waals surface area contributed by atoms with E-state index < -0.39 is 0 Å². The first-order valence-corrected chi connectivity index (χ1v) is 6.41. The van der Waals surface area contributed by atoms with Gasteiger partial charge in [-0.2, -0.15) is 0 Å². The molecule has 0 saturated carbocycles. The lowest BCUT2D eigenvalue weighted by molar-refractivity contribution is -0.117. The van der Waals surface area contributed by atoms with Crippen molar-refractivity contribution < 1.29 is 13.9 Å². The largest absolute Gasteiger partial charge is 0.495 e. The average Bonchev–Trinajstić information content (AvgIpc) is 2.69. The molecule has 1 amide bonds. The molecule has 4 nitrogen and oxygen atoms in total. The van der Waals surface area contributed by atoms with Gasteiger partial charge in [0.2, 0.25) is 5.91 Å². The van der Waals surface area contributed by atoms with E-state index in [2.05, 4.69) is 5.32 Å². The van der Waals surface area contributed by atoms with Crippen LogP contribution in [0.5, 0.6) is 5.75 Å². The van der Waals surface area contributed by atoms with Crippen LogP contribution < -0.4 is 15.0 Å². The van der Waals surface area contributed by atoms with Crippen LogP contribution in [0.3, 0.4) is 0 Å². The Balaban J connectivity index is 2.22. The van der Waals surface area contributed by atoms with Gasteiger partial charge < -0.3 is 15.0 Å². The number of amides is 1. The number of rotatable bonds is 4. The van der Waals surface area contributed by atoms with Crippen LogP contribution >= 0.6 is 0 Å². The second-order valence-corrected chi connectivity index (χ2v) is 5.04. The SMILES string of the molecule is COc1ccc(F)cc1N1CC(NC(C)C)CC1=O. The summed E-state index contributed by atoms with van der Waals surface area (Å²) in [6, 6.07) is 4.62. The average molecular weight is 266 g/mol. The van der Waals surface area contributed by atoms with Crippen LogP contribution in [-0.4, -0.2) is 31.6 Å². The number of anilines is 1. The molecule has 0 bridgehead atoms. The first-order chi connectivity index (χ1) is 9.01. The van der Waals surface area contributed by atoms with Crippen molar-refractivity contribution >= 4 is 11.6 Å². The number of methoxy groups -OCH3 is 1. The van der Waals surface area contributed by atoms with Crippen molar-refractivity contribution in [2.75, 3.05) is 18.6 Å². The van der Waals surface area contributed by atoms with Gasteiger partial charge in [-0.1, -0.05) is 13.8 Å². The topological polar surface area (TPSA) is 41.6 Å². The van der Waals surface area contributed by atoms with E-state index in [1.807, 2.05) is 13.8 Å². The predicted octanol–water partition coefficient (Wildman–Crippen LogP) is 1.94. The highest BCUT2D eigenvalue weighted by Crippen LogP contribution is 2.32. The van der Waals surface area contributed by atoms with Crippen LogP contribution in [0.1, 0.15) is 20.3 Å². The molecule has 0 radical (unpaired) electrons. The lowest BCUT2D eigenvalue weighted by Crippen LogP contribution is -2.37. The van der Waals surface area contributed by atoms with Crippen LogP contribution in [0.25, 0.3) is 0 Å². The number of hydrogen-bond donors (Lipinski definition) is 1. The Morgan fingerprint density at radius 3 is 2.84 bits per heavy atom. The highest BCUT2D eigenvalue weighted by Gasteiger charge is 2.32. The predicted molar refractivity (Wildman–Crippen MR) is 72.0 cm³/mol. The number of carbonyl (C=O) groups excluding carboxylic acids is 1. The fourth-order valence-corrected chi connectivity index (χ4v) is 2.40. The highest BCUT2D eigenvalue weighted by atomic mass is 19.1. The van der Waals surface area contributed by atoms with Gasteiger partial charge in [0, 0.05) is 31.1 Å². The second kappa shape index (κ2) is 5.57. The molecule has 1 unspecified atom stereocenters. The van der Waals surface area contributed by atoms with Gasteiger partial charge >= 0.3 is 0 Å². The van der Waals surface area contributed by atoms with E-state index in [1.165, 1.54) is 19.2 Å². The van der Waals surface area contributed by atoms with E-state index in [0.29, 0.717) is 30.4 Å². The Bertz CT molecular complexity index is 477. The molecular formula is C14H19FN2O2. The minimum atomic E-state index is -0.371. The number of benzene rings is 1. The van der Waals surface area contributed by atoms with Crippen molar-refractivity contribution in [3.05, 3.63) is 24.0 Å². The molecule has 1 aromatic carbocycles. The molecule has 0 spiro atoms. The Hall–Kier alpha value is -1.62. The molecule has 1 aliphatic heterocycles. The number of carbonyl (C=O) groups is 1. The van der Waals surface area contributed by atoms with Crippen molar-refractivity contribution in [2.45, 2.75) is 32.4 Å². The zero-order chi connectivity index (χ0) is 14.0. The molecule has 19 heavy (non-hydrogen) atoms. The molecule has 0 aliphatic carbocycles. The Morgan fingerprint density at radius 1 is 1.47 bits per heavy atom. The Morgan fingerprint density at radius 2 is 2.21 bits per heavy atom. The molecule has 1 atom stereocenters. The monoisotopic (exact) mass is 266 g/mol. The molecule has 5 heteroatoms. The smallest absolute Gasteiger partial charge is 0.228 e. The molecule has 1 aliphatic rings. The lowest BCUT2D eigenvalue weighted by Gasteiger charge is -2.20. The third-order valence-corrected chi connectivity index (χ3v) is 3.13. The third-order valence-electron chi connectivity index (χ3n) is 3.13. The van der Waals surface area contributed by atoms with E-state index in [4.69, 9.17) is 4.74 Å². The quantitative estimate of drug-likeness (QED) is 0.905. The van der Waals surface area contributed by atoms with Crippen molar-refractivity contribution in [1.29, 1.82) is 0 Å². The van der Waals surface area contributed by atoms with Gasteiger partial charge in [0.15, 0.2) is 0 Å². The maximum Gasteiger partial charge on any atom is 0.228 e. The Labute approximate surface area is 112 Å². The van der Waals surface area contributed by atoms with Crippen molar-refractivity contribution in [1.82, 2.24) is 5.32 Å². The summed E-state index contributed by atoms with van der Waals surface area (Å²) in [5, 5.41) is 3.33. The van der Waals surface area contributed by atoms with Crippen LogP contribution in [0.15, 0.2) is 18.2 Å². The van der Waals surface area contributed by atoms with E-state index >= 15 is 0 Å². The van der Waals surface area contributed by atoms with Crippen LogP contribution in [-0.2, 0) is 4.79 Å². The van der Waals surface area contributed by atoms with Crippen LogP contribution in [0.4, 0.5) is 10.1 Å². The van der Waals surface area contributed by atoms with Crippen LogP contribution in [0, 0.1) is 5.82 Å². The fraction of sp³-hybridized carbons (Fsp3) is 0.500. The molecular weight excluding hydrogens is 247 g/mol. The Kier molecular flexibility index (Phi) is 4.04. The number of hydrogen-bond acceptors (Lipinski definition) is 3. The summed E-state index contributed by atoms with van der Waals surface area (Å²) in [4.78, 5) is 13.6. The summed E-state index contributed by atoms with van der Waals surface area (Å²) >= 11 is 0. The van der Waals surface area contributed by atoms with Gasteiger partial charge in [0.05, 0.1) is 12.8 Å². The first-order valence-electron chi connectivity index (χ1n) is 6.41. The van der Waals surface area contributed by atoms with Gasteiger partial charge in [0.25, 0.3) is 0 Å². The highest BCUT2D eigenvalue weighted by molar-refractivity contribution is 5.97. The fourth-order valence-electron chi connectivity index (χ4n) is 2.40. The van der Waals surface area contributed by atoms with Crippen molar-refractivity contribution in [3.63, 3.8) is 0 Å². The molecule has 1 N–H and O–H groups in total. The summed E-state index contributed by atoms with van der Waals surface area (Å²) in [5.74, 6) is 0.130. The maximum absolute atomic E-state index is 13.4. The van der Waals surface area contributed by atoms with Gasteiger partial charge in [0.1, 0.15) is 11.6 Å². The number of ether oxygens (including phenoxy) is 1. The number of halogens is 1. The second-order valence-electron chi connectivity index (χ2n) is 5.04. The van der Waals surface area contributed by atoms with Gasteiger partial charge in [-0.3, -0.25) is 4.79 Å². The van der Waals surface area contributed by atoms with Crippen molar-refractivity contribution in [2.24, 2.45) is 0 Å². The van der Waals surface area contributed by atoms with Gasteiger partial charge in [-0.15, -0.1) is 0 Å². The number of nitrogens with one attached hydrogen (secondary N) is 1. The lowest BCUT2D eigenvalue weighted by atomic mass is 10.2. The number of nitrogens with zero attached hydrogens (tertiary/aromatic N) is 1. The minimum absolute atomic E-state index is 0.0120. The maximum atomic E-state index is 13.4. The molecule has 1 heterocycles. The molecule has 1 fully saturated rings. The zero-order valence-electron chi connectivity index (χ0n) is 11.4. The van der Waals surface area contributed by atoms with E-state index in [1.54, 1.807) is 11.0 Å². The summed E-state index contributed by atoms with van der Waals surface area (Å²) in [6.07, 6.45) is 0.428. The normalized spacial score (nSPS) is 19.3.